The molecule has 1 aliphatic carbocycles. The first-order chi connectivity index (χ1) is 9.69. The van der Waals surface area contributed by atoms with Gasteiger partial charge in [-0.1, -0.05) is 0 Å². The molecule has 1 saturated carbocycles. The second-order valence-electron chi connectivity index (χ2n) is 6.00. The zero-order valence-corrected chi connectivity index (χ0v) is 12.4. The zero-order valence-electron chi connectivity index (χ0n) is 12.4. The molecule has 0 amide bonds. The minimum atomic E-state index is -0.292. The predicted molar refractivity (Wildman–Crippen MR) is 74.3 cm³/mol. The van der Waals surface area contributed by atoms with Crippen molar-refractivity contribution in [2.45, 2.75) is 64.1 Å². The number of hydrogen-bond donors (Lipinski definition) is 0. The van der Waals surface area contributed by atoms with E-state index in [2.05, 4.69) is 23.4 Å². The van der Waals surface area contributed by atoms with E-state index < -0.39 is 0 Å². The maximum absolute atomic E-state index is 6.05. The van der Waals surface area contributed by atoms with Crippen molar-refractivity contribution in [3.8, 4) is 0 Å². The van der Waals surface area contributed by atoms with Gasteiger partial charge < -0.3 is 18.8 Å². The molecule has 2 heterocycles. The molecule has 112 valence electrons. The van der Waals surface area contributed by atoms with Crippen LogP contribution in [0.3, 0.4) is 0 Å². The Bertz CT molecular complexity index is 428. The van der Waals surface area contributed by atoms with Gasteiger partial charge in [0.2, 0.25) is 0 Å². The van der Waals surface area contributed by atoms with Crippen LogP contribution >= 0.6 is 0 Å². The summed E-state index contributed by atoms with van der Waals surface area (Å²) in [4.78, 5) is 4.21. The molecule has 3 rings (SSSR count). The van der Waals surface area contributed by atoms with Crippen LogP contribution in [0.4, 0.5) is 0 Å². The molecule has 2 fully saturated rings. The summed E-state index contributed by atoms with van der Waals surface area (Å²) in [6.45, 7) is 6.42. The molecule has 0 N–H and O–H groups in total. The average molecular weight is 280 g/mol. The quantitative estimate of drug-likeness (QED) is 0.850. The van der Waals surface area contributed by atoms with E-state index in [1.807, 2.05) is 12.5 Å². The van der Waals surface area contributed by atoms with Gasteiger partial charge in [-0.15, -0.1) is 0 Å². The van der Waals surface area contributed by atoms with Gasteiger partial charge in [0.05, 0.1) is 44.1 Å². The monoisotopic (exact) mass is 280 g/mol. The van der Waals surface area contributed by atoms with Crippen molar-refractivity contribution in [1.82, 2.24) is 9.55 Å². The first-order valence-corrected chi connectivity index (χ1v) is 7.59. The summed E-state index contributed by atoms with van der Waals surface area (Å²) in [6, 6.07) is 0.422. The standard InChI is InChI=1S/C15H24N2O3/c1-12(2)17-11-16-9-13(17)10-18-14-3-5-15(6-4-14)19-7-8-20-15/h9,11-12,14H,3-8,10H2,1-2H3. The van der Waals surface area contributed by atoms with Crippen molar-refractivity contribution in [2.24, 2.45) is 0 Å². The highest BCUT2D eigenvalue weighted by Gasteiger charge is 2.40. The molecule has 2 aliphatic rings. The molecule has 0 aromatic carbocycles. The van der Waals surface area contributed by atoms with Crippen molar-refractivity contribution in [3.63, 3.8) is 0 Å². The van der Waals surface area contributed by atoms with Gasteiger partial charge in [-0.2, -0.15) is 0 Å². The Labute approximate surface area is 120 Å². The molecule has 1 spiro atoms. The minimum absolute atomic E-state index is 0.292. The molecule has 0 radical (unpaired) electrons. The van der Waals surface area contributed by atoms with Crippen molar-refractivity contribution in [3.05, 3.63) is 18.2 Å². The molecule has 1 aromatic rings. The van der Waals surface area contributed by atoms with Crippen LogP contribution < -0.4 is 0 Å². The highest BCUT2D eigenvalue weighted by Crippen LogP contribution is 2.36. The highest BCUT2D eigenvalue weighted by molar-refractivity contribution is 4.98. The Kier molecular flexibility index (Phi) is 4.10. The second-order valence-corrected chi connectivity index (χ2v) is 6.00. The lowest BCUT2D eigenvalue weighted by Crippen LogP contribution is -2.37. The van der Waals surface area contributed by atoms with Crippen LogP contribution in [-0.4, -0.2) is 34.7 Å². The highest BCUT2D eigenvalue weighted by atomic mass is 16.7. The predicted octanol–water partition coefficient (Wildman–Crippen LogP) is 2.67. The lowest BCUT2D eigenvalue weighted by atomic mass is 9.92. The Morgan fingerprint density at radius 3 is 2.70 bits per heavy atom. The summed E-state index contributed by atoms with van der Waals surface area (Å²) in [5, 5.41) is 0. The van der Waals surface area contributed by atoms with E-state index in [4.69, 9.17) is 14.2 Å². The number of hydrogen-bond acceptors (Lipinski definition) is 4. The number of aromatic nitrogens is 2. The SMILES string of the molecule is CC(C)n1cncc1COC1CCC2(CC1)OCCO2. The van der Waals surface area contributed by atoms with Crippen LogP contribution in [-0.2, 0) is 20.8 Å². The molecular weight excluding hydrogens is 256 g/mol. The molecular formula is C15H24N2O3. The molecule has 20 heavy (non-hydrogen) atoms. The molecule has 5 heteroatoms. The molecule has 1 aromatic heterocycles. The van der Waals surface area contributed by atoms with Gasteiger partial charge in [0.15, 0.2) is 5.79 Å². The van der Waals surface area contributed by atoms with Crippen molar-refractivity contribution >= 4 is 0 Å². The third-order valence-electron chi connectivity index (χ3n) is 4.28. The first kappa shape index (κ1) is 14.0. The van der Waals surface area contributed by atoms with Crippen LogP contribution in [0.25, 0.3) is 0 Å². The fraction of sp³-hybridized carbons (Fsp3) is 0.800. The van der Waals surface area contributed by atoms with Crippen molar-refractivity contribution < 1.29 is 14.2 Å². The Morgan fingerprint density at radius 2 is 2.05 bits per heavy atom. The van der Waals surface area contributed by atoms with Gasteiger partial charge in [0.25, 0.3) is 0 Å². The Hall–Kier alpha value is -0.910. The molecule has 1 saturated heterocycles. The molecule has 5 nitrogen and oxygen atoms in total. The third kappa shape index (κ3) is 2.90. The van der Waals surface area contributed by atoms with E-state index in [0.717, 1.165) is 44.6 Å². The van der Waals surface area contributed by atoms with Gasteiger partial charge in [0, 0.05) is 18.9 Å². The Morgan fingerprint density at radius 1 is 1.35 bits per heavy atom. The summed E-state index contributed by atoms with van der Waals surface area (Å²) < 4.78 is 19.7. The van der Waals surface area contributed by atoms with Crippen molar-refractivity contribution in [1.29, 1.82) is 0 Å². The van der Waals surface area contributed by atoms with E-state index >= 15 is 0 Å². The van der Waals surface area contributed by atoms with Gasteiger partial charge in [-0.05, 0) is 26.7 Å². The lowest BCUT2D eigenvalue weighted by Gasteiger charge is -2.35. The fourth-order valence-corrected chi connectivity index (χ4v) is 3.10. The van der Waals surface area contributed by atoms with Gasteiger partial charge >= 0.3 is 0 Å². The van der Waals surface area contributed by atoms with Gasteiger partial charge in [0.1, 0.15) is 0 Å². The number of imidazole rings is 1. The molecule has 1 aliphatic heterocycles. The van der Waals surface area contributed by atoms with E-state index in [-0.39, 0.29) is 5.79 Å². The van der Waals surface area contributed by atoms with Crippen LogP contribution in [0.2, 0.25) is 0 Å². The van der Waals surface area contributed by atoms with E-state index in [0.29, 0.717) is 18.8 Å². The maximum Gasteiger partial charge on any atom is 0.168 e. The van der Waals surface area contributed by atoms with E-state index in [1.54, 1.807) is 0 Å². The number of ether oxygens (including phenoxy) is 3. The van der Waals surface area contributed by atoms with Crippen LogP contribution in [0, 0.1) is 0 Å². The summed E-state index contributed by atoms with van der Waals surface area (Å²) >= 11 is 0. The summed E-state index contributed by atoms with van der Waals surface area (Å²) in [5.41, 5.74) is 1.15. The van der Waals surface area contributed by atoms with Crippen molar-refractivity contribution in [2.75, 3.05) is 13.2 Å². The van der Waals surface area contributed by atoms with Crippen LogP contribution in [0.1, 0.15) is 51.3 Å². The smallest absolute Gasteiger partial charge is 0.168 e. The largest absolute Gasteiger partial charge is 0.372 e. The fourth-order valence-electron chi connectivity index (χ4n) is 3.10. The summed E-state index contributed by atoms with van der Waals surface area (Å²) in [7, 11) is 0. The lowest BCUT2D eigenvalue weighted by molar-refractivity contribution is -0.192. The van der Waals surface area contributed by atoms with Crippen LogP contribution in [0.5, 0.6) is 0 Å². The number of nitrogens with zero attached hydrogens (tertiary/aromatic N) is 2. The minimum Gasteiger partial charge on any atom is -0.372 e. The Balaban J connectivity index is 1.49. The third-order valence-corrected chi connectivity index (χ3v) is 4.28. The molecule has 0 bridgehead atoms. The van der Waals surface area contributed by atoms with E-state index in [1.165, 1.54) is 0 Å². The first-order valence-electron chi connectivity index (χ1n) is 7.59. The summed E-state index contributed by atoms with van der Waals surface area (Å²) in [6.07, 6.45) is 7.99. The zero-order chi connectivity index (χ0) is 14.0. The van der Waals surface area contributed by atoms with Gasteiger partial charge in [-0.3, -0.25) is 0 Å². The second kappa shape index (κ2) is 5.84. The molecule has 0 atom stereocenters. The average Bonchev–Trinajstić information content (AvgIpc) is 3.08. The van der Waals surface area contributed by atoms with E-state index in [9.17, 15) is 0 Å². The topological polar surface area (TPSA) is 45.5 Å². The molecule has 0 unspecified atom stereocenters. The van der Waals surface area contributed by atoms with Gasteiger partial charge in [-0.25, -0.2) is 4.98 Å². The summed E-state index contributed by atoms with van der Waals surface area (Å²) in [5.74, 6) is -0.292. The normalized spacial score (nSPS) is 22.9. The number of rotatable bonds is 4. The maximum atomic E-state index is 6.05. The van der Waals surface area contributed by atoms with Crippen LogP contribution in [0.15, 0.2) is 12.5 Å².